The second-order valence-corrected chi connectivity index (χ2v) is 5.83. The molecule has 0 unspecified atom stereocenters. The molecule has 2 aliphatic heterocycles. The Morgan fingerprint density at radius 3 is 2.96 bits per heavy atom. The predicted molar refractivity (Wildman–Crippen MR) is 83.4 cm³/mol. The Balaban J connectivity index is 1.50. The number of hydrogen-bond donors (Lipinski definition) is 1. The van der Waals surface area contributed by atoms with Gasteiger partial charge in [0.05, 0.1) is 19.6 Å². The number of nitrogens with zero attached hydrogens (tertiary/aromatic N) is 2. The van der Waals surface area contributed by atoms with E-state index in [0.29, 0.717) is 32.0 Å². The van der Waals surface area contributed by atoms with Crippen LogP contribution in [0.5, 0.6) is 11.5 Å². The smallest absolute Gasteiger partial charge is 0.236 e. The predicted octanol–water partition coefficient (Wildman–Crippen LogP) is -0.283. The van der Waals surface area contributed by atoms with Crippen molar-refractivity contribution in [2.24, 2.45) is 0 Å². The number of benzene rings is 1. The molecule has 0 spiro atoms. The summed E-state index contributed by atoms with van der Waals surface area (Å²) in [6.07, 6.45) is -0.191. The Labute approximate surface area is 135 Å². The zero-order valence-electron chi connectivity index (χ0n) is 13.2. The van der Waals surface area contributed by atoms with E-state index in [9.17, 15) is 9.59 Å². The van der Waals surface area contributed by atoms with Crippen LogP contribution in [0.1, 0.15) is 0 Å². The lowest BCUT2D eigenvalue weighted by Crippen LogP contribution is -2.51. The average Bonchev–Trinajstić information content (AvgIpc) is 2.54. The third kappa shape index (κ3) is 3.92. The van der Waals surface area contributed by atoms with E-state index in [4.69, 9.17) is 9.47 Å². The number of amides is 2. The number of piperazine rings is 1. The number of carbonyl (C=O) groups is 2. The van der Waals surface area contributed by atoms with Gasteiger partial charge in [0.2, 0.25) is 11.8 Å². The lowest BCUT2D eigenvalue weighted by Gasteiger charge is -2.31. The van der Waals surface area contributed by atoms with E-state index in [0.717, 1.165) is 5.75 Å². The van der Waals surface area contributed by atoms with Gasteiger partial charge in [0.25, 0.3) is 0 Å². The summed E-state index contributed by atoms with van der Waals surface area (Å²) in [7, 11) is 1.75. The first kappa shape index (κ1) is 15.6. The van der Waals surface area contributed by atoms with Crippen LogP contribution in [-0.2, 0) is 9.59 Å². The number of fused-ring (bicyclic) bond motifs is 1. The zero-order chi connectivity index (χ0) is 16.2. The first-order valence-corrected chi connectivity index (χ1v) is 7.73. The Morgan fingerprint density at radius 2 is 2.17 bits per heavy atom. The molecule has 1 atom stereocenters. The molecular weight excluding hydrogens is 298 g/mol. The minimum atomic E-state index is -0.191. The van der Waals surface area contributed by atoms with Crippen LogP contribution >= 0.6 is 0 Å². The first-order valence-electron chi connectivity index (χ1n) is 7.73. The Morgan fingerprint density at radius 1 is 1.39 bits per heavy atom. The molecule has 2 heterocycles. The van der Waals surface area contributed by atoms with E-state index in [1.165, 1.54) is 0 Å². The van der Waals surface area contributed by atoms with E-state index >= 15 is 0 Å². The summed E-state index contributed by atoms with van der Waals surface area (Å²) in [6.45, 7) is 2.67. The fourth-order valence-electron chi connectivity index (χ4n) is 2.70. The third-order valence-corrected chi connectivity index (χ3v) is 3.95. The summed E-state index contributed by atoms with van der Waals surface area (Å²) in [5, 5.41) is 2.75. The summed E-state index contributed by atoms with van der Waals surface area (Å²) in [5.74, 6) is 1.38. The summed E-state index contributed by atoms with van der Waals surface area (Å²) in [5.41, 5.74) is 0. The highest BCUT2D eigenvalue weighted by atomic mass is 16.6. The molecule has 7 heteroatoms. The van der Waals surface area contributed by atoms with Crippen molar-refractivity contribution in [1.82, 2.24) is 15.1 Å². The quantitative estimate of drug-likeness (QED) is 0.826. The maximum Gasteiger partial charge on any atom is 0.236 e. The second kappa shape index (κ2) is 6.87. The van der Waals surface area contributed by atoms with Crippen molar-refractivity contribution in [3.8, 4) is 11.5 Å². The molecule has 1 aromatic carbocycles. The van der Waals surface area contributed by atoms with Crippen molar-refractivity contribution in [3.63, 3.8) is 0 Å². The van der Waals surface area contributed by atoms with Crippen molar-refractivity contribution >= 4 is 11.8 Å². The van der Waals surface area contributed by atoms with Gasteiger partial charge in [-0.25, -0.2) is 0 Å². The SMILES string of the molecule is CN(C[C@H]1COc2ccccc2O1)C(=O)CN1CCNC(=O)C1. The fourth-order valence-corrected chi connectivity index (χ4v) is 2.70. The number of likely N-dealkylation sites (N-methyl/N-ethyl adjacent to an activating group) is 1. The summed E-state index contributed by atoms with van der Waals surface area (Å²) < 4.78 is 11.5. The van der Waals surface area contributed by atoms with E-state index < -0.39 is 0 Å². The topological polar surface area (TPSA) is 71.1 Å². The summed E-state index contributed by atoms with van der Waals surface area (Å²) >= 11 is 0. The van der Waals surface area contributed by atoms with E-state index in [2.05, 4.69) is 5.32 Å². The van der Waals surface area contributed by atoms with Gasteiger partial charge >= 0.3 is 0 Å². The maximum absolute atomic E-state index is 12.3. The van der Waals surface area contributed by atoms with Gasteiger partial charge in [-0.15, -0.1) is 0 Å². The van der Waals surface area contributed by atoms with E-state index in [1.54, 1.807) is 11.9 Å². The highest BCUT2D eigenvalue weighted by Crippen LogP contribution is 2.30. The van der Waals surface area contributed by atoms with E-state index in [-0.39, 0.29) is 31.0 Å². The summed E-state index contributed by atoms with van der Waals surface area (Å²) in [6, 6.07) is 7.51. The van der Waals surface area contributed by atoms with Gasteiger partial charge in [-0.05, 0) is 12.1 Å². The monoisotopic (exact) mass is 319 g/mol. The Hall–Kier alpha value is -2.28. The molecule has 1 saturated heterocycles. The molecule has 124 valence electrons. The van der Waals surface area contributed by atoms with Crippen molar-refractivity contribution in [2.75, 3.05) is 46.4 Å². The molecule has 1 fully saturated rings. The van der Waals surface area contributed by atoms with Crippen molar-refractivity contribution in [2.45, 2.75) is 6.10 Å². The molecule has 23 heavy (non-hydrogen) atoms. The van der Waals surface area contributed by atoms with Crippen LogP contribution in [0.25, 0.3) is 0 Å². The lowest BCUT2D eigenvalue weighted by molar-refractivity contribution is -0.134. The molecular formula is C16H21N3O4. The van der Waals surface area contributed by atoms with Gasteiger partial charge in [-0.1, -0.05) is 12.1 Å². The number of nitrogens with one attached hydrogen (secondary N) is 1. The van der Waals surface area contributed by atoms with Gasteiger partial charge in [-0.2, -0.15) is 0 Å². The third-order valence-electron chi connectivity index (χ3n) is 3.95. The second-order valence-electron chi connectivity index (χ2n) is 5.83. The number of carbonyl (C=O) groups excluding carboxylic acids is 2. The number of ether oxygens (including phenoxy) is 2. The summed E-state index contributed by atoms with van der Waals surface area (Å²) in [4.78, 5) is 27.1. The van der Waals surface area contributed by atoms with Gasteiger partial charge in [0.1, 0.15) is 6.61 Å². The zero-order valence-corrected chi connectivity index (χ0v) is 13.2. The Bertz CT molecular complexity index is 592. The molecule has 0 radical (unpaired) electrons. The lowest BCUT2D eigenvalue weighted by atomic mass is 10.2. The van der Waals surface area contributed by atoms with Gasteiger partial charge < -0.3 is 19.7 Å². The minimum Gasteiger partial charge on any atom is -0.486 e. The molecule has 7 nitrogen and oxygen atoms in total. The molecule has 0 aromatic heterocycles. The van der Waals surface area contributed by atoms with Crippen LogP contribution in [0.15, 0.2) is 24.3 Å². The highest BCUT2D eigenvalue weighted by molar-refractivity contribution is 5.81. The largest absolute Gasteiger partial charge is 0.486 e. The fraction of sp³-hybridized carbons (Fsp3) is 0.500. The molecule has 1 aromatic rings. The number of hydrogen-bond acceptors (Lipinski definition) is 5. The molecule has 0 aliphatic carbocycles. The van der Waals surface area contributed by atoms with E-state index in [1.807, 2.05) is 29.2 Å². The molecule has 0 saturated carbocycles. The maximum atomic E-state index is 12.3. The van der Waals surface area contributed by atoms with Crippen LogP contribution in [0.3, 0.4) is 0 Å². The minimum absolute atomic E-state index is 0.0258. The van der Waals surface area contributed by atoms with Gasteiger partial charge in [-0.3, -0.25) is 14.5 Å². The van der Waals surface area contributed by atoms with Crippen LogP contribution in [0, 0.1) is 0 Å². The molecule has 2 aliphatic rings. The first-order chi connectivity index (χ1) is 11.1. The molecule has 3 rings (SSSR count). The van der Waals surface area contributed by atoms with Crippen LogP contribution < -0.4 is 14.8 Å². The number of rotatable bonds is 4. The van der Waals surface area contributed by atoms with Gasteiger partial charge in [0, 0.05) is 20.1 Å². The standard InChI is InChI=1S/C16H21N3O4/c1-18(16(21)10-19-7-6-17-15(20)9-19)8-12-11-22-13-4-2-3-5-14(13)23-12/h2-5,12H,6-11H2,1H3,(H,17,20)/t12-/m0/s1. The highest BCUT2D eigenvalue weighted by Gasteiger charge is 2.25. The van der Waals surface area contributed by atoms with Crippen LogP contribution in [-0.4, -0.2) is 74.1 Å². The molecule has 0 bridgehead atoms. The van der Waals surface area contributed by atoms with Crippen molar-refractivity contribution in [3.05, 3.63) is 24.3 Å². The van der Waals surface area contributed by atoms with Crippen LogP contribution in [0.2, 0.25) is 0 Å². The van der Waals surface area contributed by atoms with Crippen molar-refractivity contribution in [1.29, 1.82) is 0 Å². The Kier molecular flexibility index (Phi) is 4.66. The van der Waals surface area contributed by atoms with Crippen LogP contribution in [0.4, 0.5) is 0 Å². The normalized spacial score (nSPS) is 20.7. The number of para-hydroxylation sites is 2. The van der Waals surface area contributed by atoms with Gasteiger partial charge in [0.15, 0.2) is 17.6 Å². The molecule has 2 amide bonds. The molecule has 1 N–H and O–H groups in total. The van der Waals surface area contributed by atoms with Crippen molar-refractivity contribution < 1.29 is 19.1 Å². The average molecular weight is 319 g/mol.